The summed E-state index contributed by atoms with van der Waals surface area (Å²) in [5, 5.41) is 0. The summed E-state index contributed by atoms with van der Waals surface area (Å²) in [5.41, 5.74) is 0.576. The molecule has 0 N–H and O–H groups in total. The number of carbonyl (C=O) groups excluding carboxylic acids is 1. The van der Waals surface area contributed by atoms with Gasteiger partial charge in [0.2, 0.25) is 0 Å². The van der Waals surface area contributed by atoms with Crippen LogP contribution in [0.1, 0.15) is 37.0 Å². The van der Waals surface area contributed by atoms with Gasteiger partial charge in [-0.15, -0.1) is 0 Å². The second kappa shape index (κ2) is 12.7. The van der Waals surface area contributed by atoms with Gasteiger partial charge in [-0.05, 0) is 0 Å². The molecule has 33 heavy (non-hydrogen) atoms. The summed E-state index contributed by atoms with van der Waals surface area (Å²) in [6.07, 6.45) is 1.53. The topological polar surface area (TPSA) is 54.5 Å². The number of ketones is 1. The molecule has 4 nitrogen and oxygen atoms in total. The molecule has 0 aliphatic carbocycles. The molecule has 7 heteroatoms. The van der Waals surface area contributed by atoms with Gasteiger partial charge in [-0.2, -0.15) is 0 Å². The van der Waals surface area contributed by atoms with Crippen LogP contribution in [0.25, 0.3) is 0 Å². The minimum absolute atomic E-state index is 0.0159. The Kier molecular flexibility index (Phi) is 9.93. The maximum atomic E-state index is 13.5. The van der Waals surface area contributed by atoms with Crippen LogP contribution in [0.15, 0.2) is 89.8 Å². The first-order valence-electron chi connectivity index (χ1n) is 11.0. The summed E-state index contributed by atoms with van der Waals surface area (Å²) >= 11 is -0.0318. The van der Waals surface area contributed by atoms with Gasteiger partial charge >= 0.3 is 211 Å². The van der Waals surface area contributed by atoms with Crippen molar-refractivity contribution in [3.63, 3.8) is 0 Å². The fourth-order valence-corrected chi connectivity index (χ4v) is 11.4. The van der Waals surface area contributed by atoms with Crippen molar-refractivity contribution >= 4 is 54.6 Å². The third kappa shape index (κ3) is 7.13. The number of hydrogen-bond donors (Lipinski definition) is 0. The molecule has 0 radical (unpaired) electrons. The van der Waals surface area contributed by atoms with Crippen LogP contribution in [0.3, 0.4) is 0 Å². The molecular weight excluding hydrogens is 564 g/mol. The van der Waals surface area contributed by atoms with E-state index in [1.807, 2.05) is 50.2 Å². The molecule has 0 saturated carbocycles. The molecule has 0 bridgehead atoms. The van der Waals surface area contributed by atoms with E-state index >= 15 is 0 Å². The molecule has 0 spiro atoms. The number of hydrogen-bond acceptors (Lipinski definition) is 3. The zero-order chi connectivity index (χ0) is 23.7. The average molecular weight is 594 g/mol. The molecule has 0 aliphatic rings. The Labute approximate surface area is 210 Å². The van der Waals surface area contributed by atoms with Crippen molar-refractivity contribution in [1.82, 2.24) is 4.31 Å². The zero-order valence-electron chi connectivity index (χ0n) is 18.9. The van der Waals surface area contributed by atoms with E-state index in [0.29, 0.717) is 18.7 Å². The van der Waals surface area contributed by atoms with Gasteiger partial charge in [-0.25, -0.2) is 0 Å². The van der Waals surface area contributed by atoms with Crippen LogP contribution >= 0.6 is 0 Å². The number of carbonyl (C=O) groups is 1. The van der Waals surface area contributed by atoms with Gasteiger partial charge in [0.1, 0.15) is 0 Å². The predicted octanol–water partition coefficient (Wildman–Crippen LogP) is 3.49. The third-order valence-electron chi connectivity index (χ3n) is 4.91. The van der Waals surface area contributed by atoms with Gasteiger partial charge in [0.25, 0.3) is 0 Å². The fraction of sp³-hybridized carbons (Fsp3) is 0.269. The number of Topliss-reactive ketones (excluding diaryl/α,β-unsaturated/α-hetero) is 1. The van der Waals surface area contributed by atoms with E-state index in [1.165, 1.54) is 13.2 Å². The Morgan fingerprint density at radius 1 is 0.758 bits per heavy atom. The maximum absolute atomic E-state index is 13.5. The molecule has 0 saturated heterocycles. The van der Waals surface area contributed by atoms with Crippen molar-refractivity contribution in [3.8, 4) is 0 Å². The Hall–Kier alpha value is -1.72. The molecule has 0 atom stereocenters. The van der Waals surface area contributed by atoms with Crippen molar-refractivity contribution in [2.75, 3.05) is 13.1 Å². The Balaban J connectivity index is 1.85. The van der Waals surface area contributed by atoms with Crippen LogP contribution in [0, 0.1) is 0 Å². The van der Waals surface area contributed by atoms with E-state index in [-0.39, 0.29) is 44.3 Å². The Morgan fingerprint density at radius 3 is 1.64 bits per heavy atom. The molecule has 3 rings (SSSR count). The summed E-state index contributed by atoms with van der Waals surface area (Å²) < 4.78 is 29.9. The third-order valence-corrected chi connectivity index (χ3v) is 13.0. The summed E-state index contributed by atoms with van der Waals surface area (Å²) in [6.45, 7) is 4.95. The van der Waals surface area contributed by atoms with Crippen molar-refractivity contribution in [3.05, 3.63) is 90.5 Å². The molecule has 3 aromatic carbocycles. The molecular formula is C26H29NO3SSe2. The Bertz CT molecular complexity index is 1070. The number of benzene rings is 3. The quantitative estimate of drug-likeness (QED) is 0.239. The van der Waals surface area contributed by atoms with E-state index in [9.17, 15) is 13.2 Å². The van der Waals surface area contributed by atoms with Crippen molar-refractivity contribution in [2.45, 2.75) is 35.3 Å². The summed E-state index contributed by atoms with van der Waals surface area (Å²) in [5.74, 6) is 0.0885. The normalized spacial score (nSPS) is 11.8. The second-order valence-corrected chi connectivity index (χ2v) is 15.9. The van der Waals surface area contributed by atoms with Gasteiger partial charge in [0.15, 0.2) is 0 Å². The van der Waals surface area contributed by atoms with Gasteiger partial charge in [0.05, 0.1) is 0 Å². The van der Waals surface area contributed by atoms with Crippen molar-refractivity contribution < 1.29 is 13.2 Å². The summed E-state index contributed by atoms with van der Waals surface area (Å²) in [6, 6.07) is 26.8. The molecule has 174 valence electrons. The fourth-order valence-electron chi connectivity index (χ4n) is 3.30. The number of rotatable bonds is 12. The van der Waals surface area contributed by atoms with E-state index in [1.54, 1.807) is 24.3 Å². The summed E-state index contributed by atoms with van der Waals surface area (Å²) in [7, 11) is -3.56. The van der Waals surface area contributed by atoms with E-state index in [2.05, 4.69) is 24.3 Å². The molecule has 0 aliphatic heterocycles. The van der Waals surface area contributed by atoms with Gasteiger partial charge in [-0.1, -0.05) is 0 Å². The van der Waals surface area contributed by atoms with Gasteiger partial charge < -0.3 is 0 Å². The average Bonchev–Trinajstić information content (AvgIpc) is 2.84. The van der Waals surface area contributed by atoms with Crippen LogP contribution in [0.2, 0.25) is 3.71 Å². The molecule has 3 aromatic rings. The van der Waals surface area contributed by atoms with E-state index in [4.69, 9.17) is 0 Å². The van der Waals surface area contributed by atoms with E-state index < -0.39 is 10.0 Å². The molecule has 0 amide bonds. The second-order valence-electron chi connectivity index (χ2n) is 7.49. The van der Waals surface area contributed by atoms with Gasteiger partial charge in [-0.3, -0.25) is 0 Å². The van der Waals surface area contributed by atoms with Crippen molar-refractivity contribution in [1.29, 1.82) is 0 Å². The Morgan fingerprint density at radius 2 is 1.21 bits per heavy atom. The minimum atomic E-state index is -3.56. The van der Waals surface area contributed by atoms with Crippen LogP contribution in [0.5, 0.6) is 0 Å². The van der Waals surface area contributed by atoms with Crippen molar-refractivity contribution in [2.24, 2.45) is 0 Å². The number of sulfonamides is 1. The standard InChI is InChI=1S/C26H29NO3SSe2/c1-3-19-27(20-4-2)31(29,30)22-17-15-21(16-18-22)25(28)26(32-23-11-7-5-8-12-23)33-24-13-9-6-10-14-24/h5-18,26H,3-4,19-20H2,1-2H3. The predicted molar refractivity (Wildman–Crippen MR) is 138 cm³/mol. The first-order valence-corrected chi connectivity index (χ1v) is 16.2. The van der Waals surface area contributed by atoms with Crippen LogP contribution in [-0.4, -0.2) is 61.5 Å². The van der Waals surface area contributed by atoms with Crippen LogP contribution in [0.4, 0.5) is 0 Å². The first kappa shape index (κ1) is 25.9. The van der Waals surface area contributed by atoms with Crippen LogP contribution in [-0.2, 0) is 10.0 Å². The molecule has 0 heterocycles. The van der Waals surface area contributed by atoms with Gasteiger partial charge in [0, 0.05) is 0 Å². The van der Waals surface area contributed by atoms with E-state index in [0.717, 1.165) is 12.8 Å². The molecule has 0 unspecified atom stereocenters. The zero-order valence-corrected chi connectivity index (χ0v) is 23.1. The SMILES string of the molecule is CCCN(CCC)S(=O)(=O)c1ccc(C(=O)C([Se]c2ccccc2)[Se]c2ccccc2)cc1. The molecule has 0 aromatic heterocycles. The molecule has 0 fully saturated rings. The summed E-state index contributed by atoms with van der Waals surface area (Å²) in [4.78, 5) is 13.8. The number of nitrogens with zero attached hydrogens (tertiary/aromatic N) is 1. The first-order chi connectivity index (χ1) is 16.0. The monoisotopic (exact) mass is 595 g/mol. The van der Waals surface area contributed by atoms with Crippen LogP contribution < -0.4 is 8.92 Å².